The molecule has 0 fully saturated rings. The third kappa shape index (κ3) is 4.79. The first-order chi connectivity index (χ1) is 20.3. The van der Waals surface area contributed by atoms with Gasteiger partial charge in [-0.05, 0) is 70.2 Å². The van der Waals surface area contributed by atoms with Crippen LogP contribution in [0.4, 0.5) is 13.2 Å². The van der Waals surface area contributed by atoms with Crippen molar-refractivity contribution in [1.82, 2.24) is 4.98 Å². The van der Waals surface area contributed by atoms with Gasteiger partial charge in [0.1, 0.15) is 18.1 Å². The molecule has 0 spiro atoms. The fourth-order valence-corrected chi connectivity index (χ4v) is 6.08. The van der Waals surface area contributed by atoms with E-state index in [0.717, 1.165) is 27.8 Å². The van der Waals surface area contributed by atoms with Crippen molar-refractivity contribution in [2.45, 2.75) is 72.4 Å². The second-order valence-corrected chi connectivity index (χ2v) is 12.5. The van der Waals surface area contributed by atoms with Crippen molar-refractivity contribution in [2.75, 3.05) is 0 Å². The van der Waals surface area contributed by atoms with Gasteiger partial charge in [-0.15, -0.1) is 0 Å². The van der Waals surface area contributed by atoms with Gasteiger partial charge in [-0.1, -0.05) is 65.8 Å². The second-order valence-electron chi connectivity index (χ2n) is 12.5. The van der Waals surface area contributed by atoms with E-state index in [2.05, 4.69) is 81.6 Å². The molecule has 0 amide bonds. The Balaban J connectivity index is 1.63. The molecule has 0 N–H and O–H groups in total. The van der Waals surface area contributed by atoms with Crippen LogP contribution in [0.15, 0.2) is 63.6 Å². The lowest BCUT2D eigenvalue weighted by molar-refractivity contribution is -0.660. The number of furan rings is 1. The molecule has 6 aromatic rings. The number of halogens is 3. The lowest BCUT2D eigenvalue weighted by Gasteiger charge is -2.23. The minimum absolute atomic E-state index is 0.00357. The molecule has 3 heterocycles. The van der Waals surface area contributed by atoms with Crippen LogP contribution in [-0.2, 0) is 13.2 Å². The SMILES string of the molecule is Cc1ccc2c(oc3c2ccc2nc(C(F)(F)F)oc23)c1-c1cc(-c2c(C(C)C)cc(C(C)C)cc2C(C)C)cc[n+]1C. The summed E-state index contributed by atoms with van der Waals surface area (Å²) >= 11 is 0. The van der Waals surface area contributed by atoms with Crippen LogP contribution in [0.2, 0.25) is 0 Å². The number of alkyl halides is 3. The van der Waals surface area contributed by atoms with Crippen molar-refractivity contribution in [3.8, 4) is 22.4 Å². The molecule has 43 heavy (non-hydrogen) atoms. The highest BCUT2D eigenvalue weighted by molar-refractivity contribution is 6.15. The van der Waals surface area contributed by atoms with Gasteiger partial charge in [-0.25, -0.2) is 9.55 Å². The highest BCUT2D eigenvalue weighted by Crippen LogP contribution is 2.43. The number of hydrogen-bond donors (Lipinski definition) is 0. The van der Waals surface area contributed by atoms with Gasteiger partial charge in [-0.3, -0.25) is 0 Å². The van der Waals surface area contributed by atoms with E-state index in [0.29, 0.717) is 28.7 Å². The molecule has 0 bridgehead atoms. The summed E-state index contributed by atoms with van der Waals surface area (Å²) in [5.74, 6) is -0.203. The summed E-state index contributed by atoms with van der Waals surface area (Å²) in [4.78, 5) is 3.67. The van der Waals surface area contributed by atoms with Crippen molar-refractivity contribution in [3.63, 3.8) is 0 Å². The number of aryl methyl sites for hydroxylation is 2. The van der Waals surface area contributed by atoms with Crippen molar-refractivity contribution in [1.29, 1.82) is 0 Å². The normalized spacial score (nSPS) is 12.7. The molecule has 0 saturated carbocycles. The van der Waals surface area contributed by atoms with E-state index in [4.69, 9.17) is 8.83 Å². The standard InChI is InChI=1S/C36H36F3N2O2/c1-18(2)23-15-26(19(3)4)31(27(16-23)20(5)6)22-13-14-41(8)29(17-22)30-21(7)9-10-24-25-11-12-28-34(33(25)42-32(24)30)43-35(40-28)36(37,38)39/h9-20H,1-8H3/q+1. The Hall–Kier alpha value is -4.13. The Morgan fingerprint density at radius 3 is 1.95 bits per heavy atom. The highest BCUT2D eigenvalue weighted by Gasteiger charge is 2.38. The average Bonchev–Trinajstić information content (AvgIpc) is 3.55. The zero-order valence-electron chi connectivity index (χ0n) is 25.8. The van der Waals surface area contributed by atoms with Crippen LogP contribution in [-0.4, -0.2) is 4.98 Å². The summed E-state index contributed by atoms with van der Waals surface area (Å²) in [6.07, 6.45) is -2.62. The molecule has 4 nitrogen and oxygen atoms in total. The van der Waals surface area contributed by atoms with E-state index in [9.17, 15) is 13.2 Å². The first-order valence-electron chi connectivity index (χ1n) is 14.8. The number of aromatic nitrogens is 2. The topological polar surface area (TPSA) is 43.1 Å². The van der Waals surface area contributed by atoms with Crippen molar-refractivity contribution in [3.05, 3.63) is 82.9 Å². The molecule has 0 unspecified atom stereocenters. The Bertz CT molecular complexity index is 2000. The van der Waals surface area contributed by atoms with E-state index in [-0.39, 0.29) is 16.7 Å². The maximum absolute atomic E-state index is 13.4. The Labute approximate surface area is 249 Å². The van der Waals surface area contributed by atoms with Crippen LogP contribution >= 0.6 is 0 Å². The smallest absolute Gasteiger partial charge is 0.451 e. The third-order valence-electron chi connectivity index (χ3n) is 8.44. The summed E-state index contributed by atoms with van der Waals surface area (Å²) < 4.78 is 53.9. The maximum atomic E-state index is 13.4. The molecule has 7 heteroatoms. The van der Waals surface area contributed by atoms with Gasteiger partial charge in [0.05, 0.1) is 5.56 Å². The zero-order valence-corrected chi connectivity index (χ0v) is 25.8. The molecular weight excluding hydrogens is 549 g/mol. The van der Waals surface area contributed by atoms with Crippen molar-refractivity contribution >= 4 is 33.0 Å². The summed E-state index contributed by atoms with van der Waals surface area (Å²) in [6, 6.07) is 16.4. The van der Waals surface area contributed by atoms with Crippen LogP contribution in [0, 0.1) is 6.92 Å². The molecule has 0 aliphatic carbocycles. The molecule has 0 aliphatic rings. The number of hydrogen-bond acceptors (Lipinski definition) is 3. The Kier molecular flexibility index (Phi) is 6.90. The predicted octanol–water partition coefficient (Wildman–Crippen LogP) is 10.6. The molecule has 222 valence electrons. The van der Waals surface area contributed by atoms with E-state index < -0.39 is 12.1 Å². The monoisotopic (exact) mass is 585 g/mol. The molecule has 6 rings (SSSR count). The molecule has 3 aromatic heterocycles. The first kappa shape index (κ1) is 29.0. The number of pyridine rings is 1. The van der Waals surface area contributed by atoms with Gasteiger partial charge < -0.3 is 8.83 Å². The predicted molar refractivity (Wildman–Crippen MR) is 165 cm³/mol. The quantitative estimate of drug-likeness (QED) is 0.189. The molecule has 0 saturated heterocycles. The van der Waals surface area contributed by atoms with Gasteiger partial charge in [0, 0.05) is 22.9 Å². The number of rotatable bonds is 5. The van der Waals surface area contributed by atoms with Gasteiger partial charge >= 0.3 is 12.1 Å². The zero-order chi connectivity index (χ0) is 31.0. The number of benzene rings is 3. The van der Waals surface area contributed by atoms with E-state index in [1.807, 2.05) is 26.1 Å². The van der Waals surface area contributed by atoms with Crippen molar-refractivity contribution in [2.24, 2.45) is 7.05 Å². The largest absolute Gasteiger partial charge is 0.468 e. The fourth-order valence-electron chi connectivity index (χ4n) is 6.08. The Morgan fingerprint density at radius 1 is 0.721 bits per heavy atom. The molecule has 0 atom stereocenters. The van der Waals surface area contributed by atoms with Crippen molar-refractivity contribution < 1.29 is 26.6 Å². The van der Waals surface area contributed by atoms with E-state index in [1.54, 1.807) is 12.1 Å². The van der Waals surface area contributed by atoms with E-state index in [1.165, 1.54) is 22.3 Å². The lowest BCUT2D eigenvalue weighted by atomic mass is 9.81. The molecular formula is C36H36F3N2O2+. The highest BCUT2D eigenvalue weighted by atomic mass is 19.4. The first-order valence-corrected chi connectivity index (χ1v) is 14.8. The molecule has 0 aliphatic heterocycles. The molecule has 3 aromatic carbocycles. The van der Waals surface area contributed by atoms with Gasteiger partial charge in [-0.2, -0.15) is 13.2 Å². The average molecular weight is 586 g/mol. The summed E-state index contributed by atoms with van der Waals surface area (Å²) in [5, 5.41) is 1.49. The third-order valence-corrected chi connectivity index (χ3v) is 8.44. The van der Waals surface area contributed by atoms with Gasteiger partial charge in [0.25, 0.3) is 0 Å². The second kappa shape index (κ2) is 10.2. The van der Waals surface area contributed by atoms with Crippen LogP contribution in [0.3, 0.4) is 0 Å². The maximum Gasteiger partial charge on any atom is 0.468 e. The minimum Gasteiger partial charge on any atom is -0.451 e. The van der Waals surface area contributed by atoms with Crippen LogP contribution in [0.25, 0.3) is 55.4 Å². The molecule has 0 radical (unpaired) electrons. The van der Waals surface area contributed by atoms with Gasteiger partial charge in [0.2, 0.25) is 5.69 Å². The summed E-state index contributed by atoms with van der Waals surface area (Å²) in [6.45, 7) is 15.5. The lowest BCUT2D eigenvalue weighted by Crippen LogP contribution is -2.30. The number of nitrogens with zero attached hydrogens (tertiary/aromatic N) is 2. The summed E-state index contributed by atoms with van der Waals surface area (Å²) in [7, 11) is 2.00. The van der Waals surface area contributed by atoms with Crippen LogP contribution in [0.5, 0.6) is 0 Å². The number of oxazole rings is 1. The minimum atomic E-state index is -4.69. The number of fused-ring (bicyclic) bond motifs is 5. The van der Waals surface area contributed by atoms with E-state index >= 15 is 0 Å². The Morgan fingerprint density at radius 2 is 1.35 bits per heavy atom. The van der Waals surface area contributed by atoms with Crippen LogP contribution < -0.4 is 4.57 Å². The summed E-state index contributed by atoms with van der Waals surface area (Å²) in [5.41, 5.74) is 10.2. The fraction of sp³-hybridized carbons (Fsp3) is 0.333. The van der Waals surface area contributed by atoms with Crippen LogP contribution in [0.1, 0.15) is 87.4 Å². The van der Waals surface area contributed by atoms with Gasteiger partial charge in [0.15, 0.2) is 17.4 Å².